The second kappa shape index (κ2) is 6.75. The molecule has 5 nitrogen and oxygen atoms in total. The maximum absolute atomic E-state index is 11.8. The molecule has 0 amide bonds. The van der Waals surface area contributed by atoms with E-state index in [9.17, 15) is 4.79 Å². The van der Waals surface area contributed by atoms with Crippen molar-refractivity contribution >= 4 is 11.7 Å². The lowest BCUT2D eigenvalue weighted by Gasteiger charge is -2.10. The minimum atomic E-state index is -0.306. The number of anilines is 1. The zero-order valence-electron chi connectivity index (χ0n) is 11.8. The summed E-state index contributed by atoms with van der Waals surface area (Å²) in [6.45, 7) is 5.68. The van der Waals surface area contributed by atoms with E-state index < -0.39 is 0 Å². The number of rotatable bonds is 6. The Morgan fingerprint density at radius 3 is 2.85 bits per heavy atom. The maximum atomic E-state index is 11.8. The summed E-state index contributed by atoms with van der Waals surface area (Å²) >= 11 is 0. The van der Waals surface area contributed by atoms with Crippen LogP contribution in [0.5, 0.6) is 0 Å². The first-order chi connectivity index (χ1) is 9.74. The van der Waals surface area contributed by atoms with E-state index >= 15 is 0 Å². The second-order valence-corrected chi connectivity index (χ2v) is 4.32. The van der Waals surface area contributed by atoms with Crippen LogP contribution in [-0.4, -0.2) is 22.4 Å². The molecular formula is C15H19N3O2. The molecule has 0 atom stereocenters. The summed E-state index contributed by atoms with van der Waals surface area (Å²) in [5.41, 5.74) is 2.40. The molecule has 0 aliphatic rings. The van der Waals surface area contributed by atoms with Crippen molar-refractivity contribution in [1.29, 1.82) is 0 Å². The fourth-order valence-corrected chi connectivity index (χ4v) is 1.89. The van der Waals surface area contributed by atoms with Crippen molar-refractivity contribution in [3.63, 3.8) is 0 Å². The molecule has 0 unspecified atom stereocenters. The number of nitrogens with one attached hydrogen (secondary N) is 1. The Bertz CT molecular complexity index is 578. The van der Waals surface area contributed by atoms with Crippen molar-refractivity contribution in [3.05, 3.63) is 47.8 Å². The first-order valence-electron chi connectivity index (χ1n) is 6.76. The number of para-hydroxylation sites is 1. The highest BCUT2D eigenvalue weighted by Gasteiger charge is 2.11. The minimum Gasteiger partial charge on any atom is -0.462 e. The number of esters is 1. The lowest BCUT2D eigenvalue weighted by Crippen LogP contribution is -2.09. The molecule has 20 heavy (non-hydrogen) atoms. The monoisotopic (exact) mass is 273 g/mol. The number of hydrogen-bond acceptors (Lipinski definition) is 4. The summed E-state index contributed by atoms with van der Waals surface area (Å²) in [4.78, 5) is 11.8. The van der Waals surface area contributed by atoms with Gasteiger partial charge in [-0.15, -0.1) is 0 Å². The average Bonchev–Trinajstić information content (AvgIpc) is 2.93. The van der Waals surface area contributed by atoms with Gasteiger partial charge in [-0.3, -0.25) is 4.68 Å². The summed E-state index contributed by atoms with van der Waals surface area (Å²) < 4.78 is 6.92. The van der Waals surface area contributed by atoms with Gasteiger partial charge in [0.1, 0.15) is 0 Å². The van der Waals surface area contributed by atoms with Crippen LogP contribution < -0.4 is 5.32 Å². The SMILES string of the molecule is CCOC(=O)c1ccccc1NCc1cnn(CC)c1. The van der Waals surface area contributed by atoms with Crippen LogP contribution >= 0.6 is 0 Å². The Hall–Kier alpha value is -2.30. The van der Waals surface area contributed by atoms with Gasteiger partial charge in [0, 0.05) is 30.5 Å². The molecule has 5 heteroatoms. The molecule has 0 aliphatic heterocycles. The number of aromatic nitrogens is 2. The number of hydrogen-bond donors (Lipinski definition) is 1. The van der Waals surface area contributed by atoms with E-state index in [0.717, 1.165) is 17.8 Å². The molecule has 0 spiro atoms. The lowest BCUT2D eigenvalue weighted by molar-refractivity contribution is 0.0527. The highest BCUT2D eigenvalue weighted by atomic mass is 16.5. The molecule has 0 saturated carbocycles. The van der Waals surface area contributed by atoms with Gasteiger partial charge >= 0.3 is 5.97 Å². The van der Waals surface area contributed by atoms with Gasteiger partial charge in [0.2, 0.25) is 0 Å². The molecule has 0 bridgehead atoms. The smallest absolute Gasteiger partial charge is 0.340 e. The zero-order valence-corrected chi connectivity index (χ0v) is 11.8. The molecule has 1 aromatic heterocycles. The van der Waals surface area contributed by atoms with Crippen LogP contribution in [0.4, 0.5) is 5.69 Å². The van der Waals surface area contributed by atoms with Gasteiger partial charge in [-0.05, 0) is 26.0 Å². The standard InChI is InChI=1S/C15H19N3O2/c1-3-18-11-12(10-17-18)9-16-14-8-6-5-7-13(14)15(19)20-4-2/h5-8,10-11,16H,3-4,9H2,1-2H3. The van der Waals surface area contributed by atoms with Crippen molar-refractivity contribution in [2.75, 3.05) is 11.9 Å². The van der Waals surface area contributed by atoms with Crippen LogP contribution in [0.1, 0.15) is 29.8 Å². The molecule has 0 fully saturated rings. The summed E-state index contributed by atoms with van der Waals surface area (Å²) in [7, 11) is 0. The maximum Gasteiger partial charge on any atom is 0.340 e. The quantitative estimate of drug-likeness (QED) is 0.822. The number of ether oxygens (including phenoxy) is 1. The van der Waals surface area contributed by atoms with Crippen LogP contribution in [-0.2, 0) is 17.8 Å². The summed E-state index contributed by atoms with van der Waals surface area (Å²) in [6.07, 6.45) is 3.81. The predicted octanol–water partition coefficient (Wildman–Crippen LogP) is 2.69. The number of nitrogens with zero attached hydrogens (tertiary/aromatic N) is 2. The molecule has 0 aliphatic carbocycles. The Morgan fingerprint density at radius 1 is 1.35 bits per heavy atom. The summed E-state index contributed by atoms with van der Waals surface area (Å²) in [5.74, 6) is -0.306. The van der Waals surface area contributed by atoms with E-state index in [1.807, 2.05) is 42.2 Å². The Kier molecular flexibility index (Phi) is 4.76. The molecule has 106 valence electrons. The minimum absolute atomic E-state index is 0.306. The van der Waals surface area contributed by atoms with E-state index in [1.165, 1.54) is 0 Å². The van der Waals surface area contributed by atoms with Crippen LogP contribution in [0, 0.1) is 0 Å². The summed E-state index contributed by atoms with van der Waals surface area (Å²) in [6, 6.07) is 7.35. The third-order valence-corrected chi connectivity index (χ3v) is 2.92. The van der Waals surface area contributed by atoms with Gasteiger partial charge in [-0.1, -0.05) is 12.1 Å². The van der Waals surface area contributed by atoms with Crippen molar-refractivity contribution in [2.45, 2.75) is 26.9 Å². The van der Waals surface area contributed by atoms with Gasteiger partial charge in [-0.25, -0.2) is 4.79 Å². The zero-order chi connectivity index (χ0) is 14.4. The number of benzene rings is 1. The van der Waals surface area contributed by atoms with Gasteiger partial charge in [0.05, 0.1) is 18.4 Å². The predicted molar refractivity (Wildman–Crippen MR) is 77.6 cm³/mol. The van der Waals surface area contributed by atoms with Gasteiger partial charge < -0.3 is 10.1 Å². The van der Waals surface area contributed by atoms with Crippen molar-refractivity contribution < 1.29 is 9.53 Å². The van der Waals surface area contributed by atoms with Crippen molar-refractivity contribution in [1.82, 2.24) is 9.78 Å². The van der Waals surface area contributed by atoms with E-state index in [1.54, 1.807) is 13.0 Å². The molecular weight excluding hydrogens is 254 g/mol. The Morgan fingerprint density at radius 2 is 2.15 bits per heavy atom. The lowest BCUT2D eigenvalue weighted by atomic mass is 10.1. The van der Waals surface area contributed by atoms with E-state index in [0.29, 0.717) is 18.7 Å². The molecule has 0 radical (unpaired) electrons. The average molecular weight is 273 g/mol. The van der Waals surface area contributed by atoms with Gasteiger partial charge in [0.15, 0.2) is 0 Å². The van der Waals surface area contributed by atoms with E-state index in [-0.39, 0.29) is 5.97 Å². The normalized spacial score (nSPS) is 10.3. The van der Waals surface area contributed by atoms with Crippen LogP contribution in [0.2, 0.25) is 0 Å². The molecule has 2 aromatic rings. The largest absolute Gasteiger partial charge is 0.462 e. The second-order valence-electron chi connectivity index (χ2n) is 4.32. The highest BCUT2D eigenvalue weighted by Crippen LogP contribution is 2.17. The molecule has 2 rings (SSSR count). The van der Waals surface area contributed by atoms with E-state index in [2.05, 4.69) is 10.4 Å². The third-order valence-electron chi connectivity index (χ3n) is 2.92. The molecule has 0 saturated heterocycles. The molecule has 1 heterocycles. The van der Waals surface area contributed by atoms with Gasteiger partial charge in [-0.2, -0.15) is 5.10 Å². The first-order valence-corrected chi connectivity index (χ1v) is 6.76. The Balaban J connectivity index is 2.07. The van der Waals surface area contributed by atoms with Crippen molar-refractivity contribution in [2.24, 2.45) is 0 Å². The van der Waals surface area contributed by atoms with Crippen LogP contribution in [0.25, 0.3) is 0 Å². The molecule has 1 aromatic carbocycles. The number of carbonyl (C=O) groups is 1. The fraction of sp³-hybridized carbons (Fsp3) is 0.333. The van der Waals surface area contributed by atoms with Gasteiger partial charge in [0.25, 0.3) is 0 Å². The summed E-state index contributed by atoms with van der Waals surface area (Å²) in [5, 5.41) is 7.47. The van der Waals surface area contributed by atoms with E-state index in [4.69, 9.17) is 4.74 Å². The molecule has 1 N–H and O–H groups in total. The number of aryl methyl sites for hydroxylation is 1. The van der Waals surface area contributed by atoms with Crippen LogP contribution in [0.15, 0.2) is 36.7 Å². The first kappa shape index (κ1) is 14.1. The number of carbonyl (C=O) groups excluding carboxylic acids is 1. The fourth-order valence-electron chi connectivity index (χ4n) is 1.89. The third kappa shape index (κ3) is 3.38. The van der Waals surface area contributed by atoms with Crippen LogP contribution in [0.3, 0.4) is 0 Å². The Labute approximate surface area is 118 Å². The highest BCUT2D eigenvalue weighted by molar-refractivity contribution is 5.95. The topological polar surface area (TPSA) is 56.1 Å². The van der Waals surface area contributed by atoms with Crippen molar-refractivity contribution in [3.8, 4) is 0 Å².